The largest absolute Gasteiger partial charge is 0.495 e. The van der Waals surface area contributed by atoms with Gasteiger partial charge in [-0.3, -0.25) is 0 Å². The summed E-state index contributed by atoms with van der Waals surface area (Å²) in [5, 5.41) is 24.3. The number of hydrogen-bond donors (Lipinski definition) is 4. The number of anilines is 3. The van der Waals surface area contributed by atoms with E-state index in [0.29, 0.717) is 17.9 Å². The molecule has 0 radical (unpaired) electrons. The van der Waals surface area contributed by atoms with Gasteiger partial charge in [-0.1, -0.05) is 36.8 Å². The first-order chi connectivity index (χ1) is 19.3. The van der Waals surface area contributed by atoms with Gasteiger partial charge in [0.2, 0.25) is 0 Å². The maximum absolute atomic E-state index is 9.78. The number of nitrogens with one attached hydrogen (secondary N) is 4. The maximum atomic E-state index is 9.78. The summed E-state index contributed by atoms with van der Waals surface area (Å²) in [5.41, 5.74) is 7.66. The van der Waals surface area contributed by atoms with E-state index in [-0.39, 0.29) is 49.1 Å². The van der Waals surface area contributed by atoms with Gasteiger partial charge in [-0.15, -0.1) is 6.54 Å². The minimum Gasteiger partial charge on any atom is -0.495 e. The standard InChI is InChI=1S/C33H43N6O.U/c1-7-12-35-27-16-28(30(40-6)17-29(27)39(5)13-8-9-20(2)3)38-33-24-10-11-26(37-32(24)33)22-14-23(18-34)31-25(15-22)21(4)19-36-31;/h7,9-12,14,16-17,21-22,24,26,32-33,35-38H,1,8,13,15,19H2,2-6H3;/q-1;/t21-,22?,24?,26?,32?,33?;/m0./s1. The smallest absolute Gasteiger partial charge is 0.144 e. The molecule has 0 saturated heterocycles. The van der Waals surface area contributed by atoms with Crippen LogP contribution in [-0.2, 0) is 0 Å². The number of methoxy groups -OCH3 is 1. The van der Waals surface area contributed by atoms with Gasteiger partial charge in [-0.25, -0.2) is 12.7 Å². The number of nitriles is 1. The summed E-state index contributed by atoms with van der Waals surface area (Å²) in [6.07, 6.45) is 12.8. The normalized spacial score (nSPS) is 27.1. The Hall–Kier alpha value is -2.71. The molecule has 2 aliphatic carbocycles. The molecule has 2 aliphatic heterocycles. The second-order valence-corrected chi connectivity index (χ2v) is 11.7. The van der Waals surface area contributed by atoms with Crippen molar-refractivity contribution in [2.45, 2.75) is 51.7 Å². The van der Waals surface area contributed by atoms with E-state index in [9.17, 15) is 5.26 Å². The third-order valence-corrected chi connectivity index (χ3v) is 8.61. The molecule has 4 N–H and O–H groups in total. The molecule has 8 heteroatoms. The minimum absolute atomic E-state index is 0. The Kier molecular flexibility index (Phi) is 10.3. The molecule has 0 spiro atoms. The van der Waals surface area contributed by atoms with Crippen LogP contribution >= 0.6 is 0 Å². The van der Waals surface area contributed by atoms with Crippen LogP contribution in [0.3, 0.4) is 0 Å². The summed E-state index contributed by atoms with van der Waals surface area (Å²) in [6, 6.07) is 7.52. The third-order valence-electron chi connectivity index (χ3n) is 8.61. The SMILES string of the molecule is C=C[CH-]Nc1cc(NC2C3C=CC(C4C=C(C#N)C5=C(C4)[C@@H](C)CN5)NC32)c(OC)cc1N(C)CCC=C(C)C.[U]. The van der Waals surface area contributed by atoms with E-state index in [4.69, 9.17) is 4.74 Å². The molecule has 6 atom stereocenters. The first kappa shape index (κ1) is 31.2. The molecular formula is C33H43N6OU-. The molecule has 1 aromatic carbocycles. The summed E-state index contributed by atoms with van der Waals surface area (Å²) in [6.45, 7) is 14.0. The molecule has 1 aromatic rings. The Labute approximate surface area is 269 Å². The third kappa shape index (κ3) is 6.70. The monoisotopic (exact) mass is 777 g/mol. The molecule has 0 aromatic heterocycles. The summed E-state index contributed by atoms with van der Waals surface area (Å²) in [5.74, 6) is 2.02. The van der Waals surface area contributed by atoms with Gasteiger partial charge in [-0.05, 0) is 44.2 Å². The Morgan fingerprint density at radius 1 is 1.29 bits per heavy atom. The minimum atomic E-state index is 0. The van der Waals surface area contributed by atoms with Gasteiger partial charge in [0.15, 0.2) is 0 Å². The quantitative estimate of drug-likeness (QED) is 0.174. The topological polar surface area (TPSA) is 84.4 Å². The van der Waals surface area contributed by atoms with Crippen LogP contribution in [0.2, 0.25) is 0 Å². The second kappa shape index (κ2) is 13.5. The zero-order chi connectivity index (χ0) is 28.4. The molecular weight excluding hydrogens is 734 g/mol. The van der Waals surface area contributed by atoms with Crippen molar-refractivity contribution in [3.05, 3.63) is 78.1 Å². The van der Waals surface area contributed by atoms with Crippen LogP contribution in [0.25, 0.3) is 0 Å². The van der Waals surface area contributed by atoms with E-state index in [1.807, 2.05) is 6.54 Å². The van der Waals surface area contributed by atoms with Gasteiger partial charge in [0, 0.05) is 86.9 Å². The van der Waals surface area contributed by atoms with E-state index >= 15 is 0 Å². The average molecular weight is 778 g/mol. The fourth-order valence-corrected chi connectivity index (χ4v) is 6.29. The summed E-state index contributed by atoms with van der Waals surface area (Å²) in [7, 11) is 3.84. The molecule has 216 valence electrons. The number of hydrogen-bond acceptors (Lipinski definition) is 7. The zero-order valence-corrected chi connectivity index (χ0v) is 29.1. The predicted octanol–water partition coefficient (Wildman–Crippen LogP) is 5.52. The second-order valence-electron chi connectivity index (χ2n) is 11.7. The van der Waals surface area contributed by atoms with Crippen molar-refractivity contribution in [3.8, 4) is 11.8 Å². The van der Waals surface area contributed by atoms with Crippen LogP contribution in [0, 0.1) is 66.7 Å². The van der Waals surface area contributed by atoms with Gasteiger partial charge in [-0.2, -0.15) is 5.26 Å². The van der Waals surface area contributed by atoms with Gasteiger partial charge in [0.05, 0.1) is 35.8 Å². The first-order valence-corrected chi connectivity index (χ1v) is 14.4. The van der Waals surface area contributed by atoms with Gasteiger partial charge < -0.3 is 30.9 Å². The molecule has 41 heavy (non-hydrogen) atoms. The van der Waals surface area contributed by atoms with Crippen molar-refractivity contribution < 1.29 is 35.9 Å². The van der Waals surface area contributed by atoms with Crippen LogP contribution in [0.15, 0.2) is 71.5 Å². The van der Waals surface area contributed by atoms with Crippen LogP contribution in [0.1, 0.15) is 33.6 Å². The molecule has 0 bridgehead atoms. The van der Waals surface area contributed by atoms with Crippen molar-refractivity contribution in [1.82, 2.24) is 10.6 Å². The van der Waals surface area contributed by atoms with Crippen molar-refractivity contribution >= 4 is 17.1 Å². The molecule has 1 fully saturated rings. The Balaban J connectivity index is 0.00000387. The number of fused-ring (bicyclic) bond motifs is 1. The van der Waals surface area contributed by atoms with Gasteiger partial charge in [0.1, 0.15) is 11.8 Å². The van der Waals surface area contributed by atoms with Crippen LogP contribution in [-0.4, -0.2) is 45.4 Å². The van der Waals surface area contributed by atoms with E-state index in [1.165, 1.54) is 11.1 Å². The Morgan fingerprint density at radius 2 is 2.10 bits per heavy atom. The maximum Gasteiger partial charge on any atom is 0.144 e. The predicted molar refractivity (Wildman–Crippen MR) is 165 cm³/mol. The van der Waals surface area contributed by atoms with Crippen LogP contribution < -0.4 is 30.9 Å². The van der Waals surface area contributed by atoms with Crippen LogP contribution in [0.5, 0.6) is 5.75 Å². The fraction of sp³-hybridized carbons (Fsp3) is 0.455. The first-order valence-electron chi connectivity index (χ1n) is 14.4. The molecule has 1 saturated carbocycles. The summed E-state index contributed by atoms with van der Waals surface area (Å²) in [4.78, 5) is 2.26. The molecule has 4 aliphatic rings. The van der Waals surface area contributed by atoms with Crippen molar-refractivity contribution in [1.29, 1.82) is 5.26 Å². The van der Waals surface area contributed by atoms with E-state index < -0.39 is 0 Å². The van der Waals surface area contributed by atoms with E-state index in [1.54, 1.807) is 13.2 Å². The molecule has 5 unspecified atom stereocenters. The number of ether oxygens (including phenoxy) is 1. The summed E-state index contributed by atoms with van der Waals surface area (Å²) >= 11 is 0. The number of rotatable bonds is 11. The molecule has 5 rings (SSSR count). The van der Waals surface area contributed by atoms with Crippen molar-refractivity contribution in [2.24, 2.45) is 17.8 Å². The van der Waals surface area contributed by atoms with Crippen molar-refractivity contribution in [2.75, 3.05) is 42.8 Å². The molecule has 2 heterocycles. The zero-order valence-electron chi connectivity index (χ0n) is 24.9. The number of allylic oxidation sites excluding steroid dienone is 2. The van der Waals surface area contributed by atoms with Gasteiger partial charge >= 0.3 is 0 Å². The molecule has 0 amide bonds. The van der Waals surface area contributed by atoms with E-state index in [0.717, 1.165) is 60.0 Å². The molecule has 7 nitrogen and oxygen atoms in total. The van der Waals surface area contributed by atoms with Crippen molar-refractivity contribution in [3.63, 3.8) is 0 Å². The Morgan fingerprint density at radius 3 is 2.80 bits per heavy atom. The van der Waals surface area contributed by atoms with E-state index in [2.05, 4.69) is 103 Å². The van der Waals surface area contributed by atoms with Gasteiger partial charge in [0.25, 0.3) is 0 Å². The average Bonchev–Trinajstić information content (AvgIpc) is 3.50. The summed E-state index contributed by atoms with van der Waals surface area (Å²) < 4.78 is 5.86. The fourth-order valence-electron chi connectivity index (χ4n) is 6.29. The number of nitrogens with zero attached hydrogens (tertiary/aromatic N) is 2. The Bertz CT molecular complexity index is 1300. The number of benzene rings is 1. The van der Waals surface area contributed by atoms with Crippen LogP contribution in [0.4, 0.5) is 17.1 Å².